The molecule has 1 N–H and O–H groups in total. The third kappa shape index (κ3) is 3.49. The summed E-state index contributed by atoms with van der Waals surface area (Å²) in [6.45, 7) is 0.662. The molecular weight excluding hydrogens is 260 g/mol. The Kier molecular flexibility index (Phi) is 4.29. The van der Waals surface area contributed by atoms with Crippen LogP contribution in [0.5, 0.6) is 0 Å². The first-order chi connectivity index (χ1) is 10.4. The molecule has 0 spiro atoms. The Morgan fingerprint density at radius 2 is 1.57 bits per heavy atom. The van der Waals surface area contributed by atoms with Gasteiger partial charge in [-0.1, -0.05) is 30.3 Å². The smallest absolute Gasteiger partial charge is 0.0769 e. The number of pyridine rings is 1. The van der Waals surface area contributed by atoms with Gasteiger partial charge < -0.3 is 5.32 Å². The fourth-order valence-corrected chi connectivity index (χ4v) is 2.26. The number of hydrogen-bond acceptors (Lipinski definition) is 4. The van der Waals surface area contributed by atoms with Crippen LogP contribution in [-0.2, 0) is 6.54 Å². The highest BCUT2D eigenvalue weighted by atomic mass is 15.1. The van der Waals surface area contributed by atoms with Crippen molar-refractivity contribution in [3.05, 3.63) is 90.0 Å². The van der Waals surface area contributed by atoms with E-state index >= 15 is 0 Å². The molecule has 0 aliphatic rings. The molecule has 4 nitrogen and oxygen atoms in total. The molecule has 0 radical (unpaired) electrons. The van der Waals surface area contributed by atoms with Gasteiger partial charge in [-0.25, -0.2) is 0 Å². The molecule has 2 heterocycles. The highest BCUT2D eigenvalue weighted by Gasteiger charge is 2.13. The number of nitrogens with zero attached hydrogens (tertiary/aromatic N) is 3. The lowest BCUT2D eigenvalue weighted by atomic mass is 9.99. The normalized spacial score (nSPS) is 12.0. The molecule has 104 valence electrons. The largest absolute Gasteiger partial charge is 0.300 e. The van der Waals surface area contributed by atoms with E-state index in [1.807, 2.05) is 54.9 Å². The topological polar surface area (TPSA) is 50.7 Å². The number of benzene rings is 1. The van der Waals surface area contributed by atoms with Crippen LogP contribution in [0.2, 0.25) is 0 Å². The molecule has 0 aliphatic carbocycles. The lowest BCUT2D eigenvalue weighted by Gasteiger charge is -2.19. The van der Waals surface area contributed by atoms with E-state index in [0.29, 0.717) is 6.54 Å². The first-order valence-corrected chi connectivity index (χ1v) is 6.88. The molecule has 1 aromatic carbocycles. The second-order valence-corrected chi connectivity index (χ2v) is 4.72. The lowest BCUT2D eigenvalue weighted by Crippen LogP contribution is -2.22. The first-order valence-electron chi connectivity index (χ1n) is 6.88. The molecule has 0 amide bonds. The van der Waals surface area contributed by atoms with E-state index in [4.69, 9.17) is 0 Å². The molecule has 2 aromatic heterocycles. The Labute approximate surface area is 123 Å². The summed E-state index contributed by atoms with van der Waals surface area (Å²) in [6.07, 6.45) is 5.31. The molecule has 4 heteroatoms. The van der Waals surface area contributed by atoms with Gasteiger partial charge in [-0.05, 0) is 35.4 Å². The van der Waals surface area contributed by atoms with Gasteiger partial charge in [0.1, 0.15) is 0 Å². The van der Waals surface area contributed by atoms with E-state index in [2.05, 4.69) is 32.6 Å². The monoisotopic (exact) mass is 276 g/mol. The molecule has 0 saturated heterocycles. The van der Waals surface area contributed by atoms with Gasteiger partial charge in [0.05, 0.1) is 11.7 Å². The number of aromatic nitrogens is 3. The number of hydrogen-bond donors (Lipinski definition) is 1. The molecule has 1 unspecified atom stereocenters. The molecular formula is C17H16N4. The predicted molar refractivity (Wildman–Crippen MR) is 81.4 cm³/mol. The van der Waals surface area contributed by atoms with Crippen LogP contribution in [0.3, 0.4) is 0 Å². The summed E-state index contributed by atoms with van der Waals surface area (Å²) in [7, 11) is 0. The van der Waals surface area contributed by atoms with E-state index in [-0.39, 0.29) is 6.04 Å². The third-order valence-corrected chi connectivity index (χ3v) is 3.29. The van der Waals surface area contributed by atoms with Gasteiger partial charge in [-0.15, -0.1) is 0 Å². The molecule has 3 aromatic rings. The maximum absolute atomic E-state index is 4.11. The first kappa shape index (κ1) is 13.4. The molecule has 0 aliphatic heterocycles. The van der Waals surface area contributed by atoms with Gasteiger partial charge in [0.2, 0.25) is 0 Å². The summed E-state index contributed by atoms with van der Waals surface area (Å²) in [4.78, 5) is 4.09. The van der Waals surface area contributed by atoms with Crippen molar-refractivity contribution in [3.8, 4) is 0 Å². The van der Waals surface area contributed by atoms with Gasteiger partial charge in [-0.2, -0.15) is 10.2 Å². The summed E-state index contributed by atoms with van der Waals surface area (Å²) in [5.74, 6) is 0. The summed E-state index contributed by atoms with van der Waals surface area (Å²) < 4.78 is 0. The summed E-state index contributed by atoms with van der Waals surface area (Å²) in [6, 6.07) is 18.4. The Morgan fingerprint density at radius 1 is 0.810 bits per heavy atom. The predicted octanol–water partition coefficient (Wildman–Crippen LogP) is 2.75. The molecule has 1 atom stereocenters. The van der Waals surface area contributed by atoms with Gasteiger partial charge in [0, 0.05) is 25.1 Å². The van der Waals surface area contributed by atoms with E-state index < -0.39 is 0 Å². The lowest BCUT2D eigenvalue weighted by molar-refractivity contribution is 0.591. The van der Waals surface area contributed by atoms with Gasteiger partial charge in [-0.3, -0.25) is 4.98 Å². The van der Waals surface area contributed by atoms with E-state index in [0.717, 1.165) is 5.69 Å². The van der Waals surface area contributed by atoms with Crippen LogP contribution in [0.4, 0.5) is 0 Å². The van der Waals surface area contributed by atoms with Crippen molar-refractivity contribution >= 4 is 0 Å². The molecule has 0 bridgehead atoms. The van der Waals surface area contributed by atoms with Gasteiger partial charge in [0.15, 0.2) is 0 Å². The average Bonchev–Trinajstić information content (AvgIpc) is 2.58. The highest BCUT2D eigenvalue weighted by molar-refractivity contribution is 5.30. The molecule has 21 heavy (non-hydrogen) atoms. The van der Waals surface area contributed by atoms with Crippen molar-refractivity contribution in [1.29, 1.82) is 0 Å². The highest BCUT2D eigenvalue weighted by Crippen LogP contribution is 2.21. The van der Waals surface area contributed by atoms with Crippen LogP contribution < -0.4 is 5.32 Å². The second kappa shape index (κ2) is 6.72. The molecule has 0 fully saturated rings. The maximum atomic E-state index is 4.11. The van der Waals surface area contributed by atoms with Gasteiger partial charge in [0.25, 0.3) is 0 Å². The Morgan fingerprint density at radius 3 is 2.29 bits per heavy atom. The Bertz CT molecular complexity index is 617. The zero-order chi connectivity index (χ0) is 14.3. The number of rotatable bonds is 5. The summed E-state index contributed by atoms with van der Waals surface area (Å²) in [5, 5.41) is 11.6. The van der Waals surface area contributed by atoms with Crippen LogP contribution >= 0.6 is 0 Å². The van der Waals surface area contributed by atoms with Gasteiger partial charge >= 0.3 is 0 Å². The van der Waals surface area contributed by atoms with Crippen molar-refractivity contribution in [2.24, 2.45) is 0 Å². The van der Waals surface area contributed by atoms with Crippen LogP contribution in [0.15, 0.2) is 73.2 Å². The average molecular weight is 276 g/mol. The van der Waals surface area contributed by atoms with E-state index in [1.54, 1.807) is 6.20 Å². The standard InChI is InChI=1S/C17H16N4/c1-2-5-14(6-3-1)17(15-8-11-18-12-9-15)19-13-16-7-4-10-20-21-16/h1-12,17,19H,13H2. The maximum Gasteiger partial charge on any atom is 0.0769 e. The zero-order valence-corrected chi connectivity index (χ0v) is 11.6. The van der Waals surface area contributed by atoms with Crippen LogP contribution in [0.25, 0.3) is 0 Å². The van der Waals surface area contributed by atoms with Crippen LogP contribution in [-0.4, -0.2) is 15.2 Å². The SMILES string of the molecule is c1ccc(C(NCc2cccnn2)c2ccncc2)cc1. The molecule has 0 saturated carbocycles. The zero-order valence-electron chi connectivity index (χ0n) is 11.6. The quantitative estimate of drug-likeness (QED) is 0.778. The van der Waals surface area contributed by atoms with Crippen LogP contribution in [0, 0.1) is 0 Å². The minimum Gasteiger partial charge on any atom is -0.300 e. The number of nitrogens with one attached hydrogen (secondary N) is 1. The van der Waals surface area contributed by atoms with Crippen molar-refractivity contribution in [3.63, 3.8) is 0 Å². The minimum absolute atomic E-state index is 0.108. The van der Waals surface area contributed by atoms with E-state index in [9.17, 15) is 0 Å². The molecule has 3 rings (SSSR count). The fourth-order valence-electron chi connectivity index (χ4n) is 2.26. The van der Waals surface area contributed by atoms with Crippen molar-refractivity contribution < 1.29 is 0 Å². The second-order valence-electron chi connectivity index (χ2n) is 4.72. The summed E-state index contributed by atoms with van der Waals surface area (Å²) >= 11 is 0. The van der Waals surface area contributed by atoms with E-state index in [1.165, 1.54) is 11.1 Å². The Hall–Kier alpha value is -2.59. The Balaban J connectivity index is 1.83. The van der Waals surface area contributed by atoms with Crippen molar-refractivity contribution in [2.75, 3.05) is 0 Å². The fraction of sp³-hybridized carbons (Fsp3) is 0.118. The third-order valence-electron chi connectivity index (χ3n) is 3.29. The van der Waals surface area contributed by atoms with Crippen molar-refractivity contribution in [1.82, 2.24) is 20.5 Å². The van der Waals surface area contributed by atoms with Crippen molar-refractivity contribution in [2.45, 2.75) is 12.6 Å². The minimum atomic E-state index is 0.108. The van der Waals surface area contributed by atoms with Crippen LogP contribution in [0.1, 0.15) is 22.9 Å². The summed E-state index contributed by atoms with van der Waals surface area (Å²) in [5.41, 5.74) is 3.32.